The molecule has 0 unspecified atom stereocenters. The van der Waals surface area contributed by atoms with Crippen molar-refractivity contribution in [1.29, 1.82) is 0 Å². The van der Waals surface area contributed by atoms with E-state index in [-0.39, 0.29) is 5.91 Å². The first-order chi connectivity index (χ1) is 16.0. The second-order valence-corrected chi connectivity index (χ2v) is 8.18. The molecule has 6 heteroatoms. The molecule has 3 N–H and O–H groups in total. The van der Waals surface area contributed by atoms with Gasteiger partial charge < -0.3 is 20.7 Å². The smallest absolute Gasteiger partial charge is 0.337 e. The fourth-order valence-electron chi connectivity index (χ4n) is 3.72. The molecule has 0 bridgehead atoms. The Labute approximate surface area is 193 Å². The van der Waals surface area contributed by atoms with E-state index in [0.717, 1.165) is 23.4 Å². The molecule has 1 heterocycles. The number of amides is 1. The fraction of sp³-hybridized carbons (Fsp3) is 0.185. The lowest BCUT2D eigenvalue weighted by molar-refractivity contribution is -0.110. The summed E-state index contributed by atoms with van der Waals surface area (Å²) in [7, 11) is 1.33. The van der Waals surface area contributed by atoms with Crippen molar-refractivity contribution in [2.75, 3.05) is 17.7 Å². The molecule has 0 spiro atoms. The highest BCUT2D eigenvalue weighted by Crippen LogP contribution is 2.38. The van der Waals surface area contributed by atoms with E-state index in [2.05, 4.69) is 41.9 Å². The van der Waals surface area contributed by atoms with Crippen LogP contribution in [0.1, 0.15) is 40.9 Å². The summed E-state index contributed by atoms with van der Waals surface area (Å²) in [6.07, 6.45) is 0. The van der Waals surface area contributed by atoms with Gasteiger partial charge in [0.1, 0.15) is 0 Å². The minimum absolute atomic E-state index is 0.226. The molecule has 33 heavy (non-hydrogen) atoms. The van der Waals surface area contributed by atoms with Crippen LogP contribution in [0.4, 0.5) is 11.4 Å². The first-order valence-electron chi connectivity index (χ1n) is 10.9. The van der Waals surface area contributed by atoms with Gasteiger partial charge in [-0.15, -0.1) is 0 Å². The number of fused-ring (bicyclic) bond motifs is 1. The average molecular weight is 442 g/mol. The number of benzene rings is 3. The summed E-state index contributed by atoms with van der Waals surface area (Å²) in [4.78, 5) is 25.0. The third-order valence-corrected chi connectivity index (χ3v) is 5.44. The number of carbonyl (C=O) groups is 2. The van der Waals surface area contributed by atoms with Crippen molar-refractivity contribution >= 4 is 34.5 Å². The highest BCUT2D eigenvalue weighted by atomic mass is 16.5. The number of hydrogen-bond donors (Lipinski definition) is 3. The van der Waals surface area contributed by atoms with Crippen LogP contribution in [0.2, 0.25) is 0 Å². The van der Waals surface area contributed by atoms with Crippen LogP contribution in [0, 0.1) is 0 Å². The van der Waals surface area contributed by atoms with Gasteiger partial charge in [0.2, 0.25) is 0 Å². The van der Waals surface area contributed by atoms with E-state index >= 15 is 0 Å². The third-order valence-electron chi connectivity index (χ3n) is 5.44. The summed E-state index contributed by atoms with van der Waals surface area (Å²) < 4.78 is 4.80. The largest absolute Gasteiger partial charge is 0.465 e. The van der Waals surface area contributed by atoms with Crippen molar-refractivity contribution < 1.29 is 14.3 Å². The van der Waals surface area contributed by atoms with Gasteiger partial charge >= 0.3 is 5.97 Å². The van der Waals surface area contributed by atoms with Gasteiger partial charge in [0.15, 0.2) is 0 Å². The summed E-state index contributed by atoms with van der Waals surface area (Å²) in [5.74, 6) is -0.672. The summed E-state index contributed by atoms with van der Waals surface area (Å²) in [6.45, 7) is 5.03. The quantitative estimate of drug-likeness (QED) is 0.359. The molecule has 0 saturated heterocycles. The first kappa shape index (κ1) is 22.3. The van der Waals surface area contributed by atoms with Gasteiger partial charge in [-0.3, -0.25) is 4.79 Å². The maximum Gasteiger partial charge on any atom is 0.337 e. The zero-order chi connectivity index (χ0) is 23.4. The van der Waals surface area contributed by atoms with Crippen LogP contribution in [0.25, 0.3) is 11.3 Å². The Morgan fingerprint density at radius 3 is 2.36 bits per heavy atom. The van der Waals surface area contributed by atoms with Crippen LogP contribution in [0.5, 0.6) is 0 Å². The molecule has 1 amide bonds. The Hall–Kier alpha value is -3.90. The van der Waals surface area contributed by atoms with E-state index in [4.69, 9.17) is 4.74 Å². The number of carbonyl (C=O) groups excluding carboxylic acids is 2. The Kier molecular flexibility index (Phi) is 6.56. The van der Waals surface area contributed by atoms with E-state index in [1.807, 2.05) is 42.5 Å². The highest BCUT2D eigenvalue weighted by molar-refractivity contribution is 6.37. The lowest BCUT2D eigenvalue weighted by Crippen LogP contribution is -2.21. The molecule has 1 aliphatic heterocycles. The van der Waals surface area contributed by atoms with Crippen molar-refractivity contribution in [3.63, 3.8) is 0 Å². The number of esters is 1. The van der Waals surface area contributed by atoms with Crippen LogP contribution >= 0.6 is 0 Å². The van der Waals surface area contributed by atoms with Gasteiger partial charge in [-0.1, -0.05) is 62.4 Å². The fourth-order valence-corrected chi connectivity index (χ4v) is 3.72. The summed E-state index contributed by atoms with van der Waals surface area (Å²) in [5, 5.41) is 9.75. The Morgan fingerprint density at radius 1 is 0.970 bits per heavy atom. The number of rotatable bonds is 7. The number of methoxy groups -OCH3 is 1. The van der Waals surface area contributed by atoms with E-state index < -0.39 is 5.97 Å². The molecular formula is C27H27N3O3. The highest BCUT2D eigenvalue weighted by Gasteiger charge is 2.29. The standard InChI is InChI=1S/C27H27N3O3/c1-17(2)28-16-18-9-12-21(13-10-18)29-25(19-7-5-4-6-8-19)24-22-14-11-20(27(32)33-3)15-23(22)30-26(24)31/h4-15,17,28-29H,16H2,1-3H3,(H,30,31)/b25-24-. The maximum atomic E-state index is 13.1. The second-order valence-electron chi connectivity index (χ2n) is 8.18. The summed E-state index contributed by atoms with van der Waals surface area (Å²) >= 11 is 0. The van der Waals surface area contributed by atoms with Gasteiger partial charge in [-0.25, -0.2) is 4.79 Å². The van der Waals surface area contributed by atoms with Gasteiger partial charge in [-0.05, 0) is 35.4 Å². The number of hydrogen-bond acceptors (Lipinski definition) is 5. The van der Waals surface area contributed by atoms with E-state index in [1.54, 1.807) is 18.2 Å². The van der Waals surface area contributed by atoms with Crippen molar-refractivity contribution in [1.82, 2.24) is 5.32 Å². The van der Waals surface area contributed by atoms with Crippen LogP contribution in [0.15, 0.2) is 72.8 Å². The van der Waals surface area contributed by atoms with Crippen molar-refractivity contribution in [2.24, 2.45) is 0 Å². The monoisotopic (exact) mass is 441 g/mol. The molecule has 3 aromatic rings. The summed E-state index contributed by atoms with van der Waals surface area (Å²) in [6, 6.07) is 23.4. The predicted molar refractivity (Wildman–Crippen MR) is 132 cm³/mol. The maximum absolute atomic E-state index is 13.1. The number of ether oxygens (including phenoxy) is 1. The predicted octanol–water partition coefficient (Wildman–Crippen LogP) is 4.90. The van der Waals surface area contributed by atoms with E-state index in [1.165, 1.54) is 12.7 Å². The molecule has 4 rings (SSSR count). The van der Waals surface area contributed by atoms with Crippen LogP contribution in [0.3, 0.4) is 0 Å². The molecule has 0 radical (unpaired) electrons. The molecule has 0 aromatic heterocycles. The van der Waals surface area contributed by atoms with Crippen LogP contribution in [-0.2, 0) is 16.1 Å². The first-order valence-corrected chi connectivity index (χ1v) is 10.9. The topological polar surface area (TPSA) is 79.5 Å². The van der Waals surface area contributed by atoms with Crippen molar-refractivity contribution in [2.45, 2.75) is 26.4 Å². The average Bonchev–Trinajstić information content (AvgIpc) is 3.16. The van der Waals surface area contributed by atoms with Gasteiger partial charge in [0.05, 0.1) is 29.6 Å². The Bertz CT molecular complexity index is 1200. The van der Waals surface area contributed by atoms with Gasteiger partial charge in [0.25, 0.3) is 5.91 Å². The van der Waals surface area contributed by atoms with E-state index in [9.17, 15) is 9.59 Å². The molecule has 1 aliphatic rings. The van der Waals surface area contributed by atoms with Gasteiger partial charge in [0, 0.05) is 23.8 Å². The minimum atomic E-state index is -0.446. The molecule has 0 atom stereocenters. The van der Waals surface area contributed by atoms with E-state index in [0.29, 0.717) is 28.6 Å². The third kappa shape index (κ3) is 4.96. The molecule has 0 saturated carbocycles. The van der Waals surface area contributed by atoms with Gasteiger partial charge in [-0.2, -0.15) is 0 Å². The van der Waals surface area contributed by atoms with Crippen LogP contribution in [-0.4, -0.2) is 25.0 Å². The molecule has 0 aliphatic carbocycles. The molecule has 6 nitrogen and oxygen atoms in total. The second kappa shape index (κ2) is 9.71. The molecule has 168 valence electrons. The van der Waals surface area contributed by atoms with Crippen molar-refractivity contribution in [3.8, 4) is 0 Å². The number of anilines is 2. The lowest BCUT2D eigenvalue weighted by atomic mass is 9.99. The molecule has 0 fully saturated rings. The Balaban J connectivity index is 1.73. The molecule has 3 aromatic carbocycles. The summed E-state index contributed by atoms with van der Waals surface area (Å²) in [5.41, 5.74) is 5.88. The zero-order valence-corrected chi connectivity index (χ0v) is 18.9. The lowest BCUT2D eigenvalue weighted by Gasteiger charge is -2.15. The zero-order valence-electron chi connectivity index (χ0n) is 18.9. The minimum Gasteiger partial charge on any atom is -0.465 e. The molecular weight excluding hydrogens is 414 g/mol. The van der Waals surface area contributed by atoms with Crippen molar-refractivity contribution in [3.05, 3.63) is 95.1 Å². The number of nitrogens with one attached hydrogen (secondary N) is 3. The normalized spacial score (nSPS) is 14.0. The SMILES string of the molecule is COC(=O)c1ccc2c(c1)NC(=O)/C2=C(\Nc1ccc(CNC(C)C)cc1)c1ccccc1. The van der Waals surface area contributed by atoms with Crippen LogP contribution < -0.4 is 16.0 Å². The Morgan fingerprint density at radius 2 is 1.70 bits per heavy atom.